The number of benzene rings is 2. The summed E-state index contributed by atoms with van der Waals surface area (Å²) in [6.07, 6.45) is -1.93. The number of aliphatic hydroxyl groups excluding tert-OH is 1. The van der Waals surface area contributed by atoms with Crippen LogP contribution in [0.3, 0.4) is 0 Å². The van der Waals surface area contributed by atoms with E-state index in [0.29, 0.717) is 37.6 Å². The molecule has 1 saturated carbocycles. The third-order valence-corrected chi connectivity index (χ3v) is 9.14. The number of likely N-dealkylation sites (tertiary alicyclic amines) is 2. The van der Waals surface area contributed by atoms with Crippen LogP contribution in [0.2, 0.25) is 0 Å². The van der Waals surface area contributed by atoms with Crippen LogP contribution >= 0.6 is 0 Å². The molecule has 2 aliphatic heterocycles. The number of β-amino-alcohol motifs (C(OH)–C–C–N with tert-alkyl or cyclic N) is 1. The Morgan fingerprint density at radius 2 is 1.78 bits per heavy atom. The van der Waals surface area contributed by atoms with Crippen molar-refractivity contribution in [2.45, 2.75) is 63.8 Å². The molecule has 5 rings (SSSR count). The maximum atomic E-state index is 13.5. The molecule has 41 heavy (non-hydrogen) atoms. The number of primary amides is 1. The highest BCUT2D eigenvalue weighted by Crippen LogP contribution is 2.53. The van der Waals surface area contributed by atoms with E-state index in [1.165, 1.54) is 4.90 Å². The number of hydrogen-bond acceptors (Lipinski definition) is 5. The molecule has 0 bridgehead atoms. The van der Waals surface area contributed by atoms with Gasteiger partial charge < -0.3 is 25.4 Å². The fourth-order valence-electron chi connectivity index (χ4n) is 6.41. The topological polar surface area (TPSA) is 96.1 Å². The Balaban J connectivity index is 1.13. The van der Waals surface area contributed by atoms with Crippen molar-refractivity contribution in [3.05, 3.63) is 53.6 Å². The summed E-state index contributed by atoms with van der Waals surface area (Å²) < 4.78 is 46.6. The molecule has 3 N–H and O–H groups in total. The van der Waals surface area contributed by atoms with Gasteiger partial charge in [-0.2, -0.15) is 13.2 Å². The average Bonchev–Trinajstić information content (AvgIpc) is 3.31. The third-order valence-electron chi connectivity index (χ3n) is 9.14. The van der Waals surface area contributed by atoms with Crippen molar-refractivity contribution >= 4 is 11.8 Å². The van der Waals surface area contributed by atoms with E-state index < -0.39 is 29.6 Å². The molecule has 1 unspecified atom stereocenters. The lowest BCUT2D eigenvalue weighted by Gasteiger charge is -2.47. The lowest BCUT2D eigenvalue weighted by Crippen LogP contribution is -2.53. The highest BCUT2D eigenvalue weighted by atomic mass is 19.4. The van der Waals surface area contributed by atoms with Crippen molar-refractivity contribution < 1.29 is 32.6 Å². The predicted octanol–water partition coefficient (Wildman–Crippen LogP) is 4.55. The summed E-state index contributed by atoms with van der Waals surface area (Å²) in [5, 5.41) is 9.93. The van der Waals surface area contributed by atoms with Gasteiger partial charge in [0.2, 0.25) is 5.91 Å². The zero-order chi connectivity index (χ0) is 29.4. The molecule has 2 heterocycles. The molecule has 222 valence electrons. The second-order valence-corrected chi connectivity index (χ2v) is 12.0. The molecule has 2 amide bonds. The Hall–Kier alpha value is -3.11. The van der Waals surface area contributed by atoms with E-state index in [1.807, 2.05) is 42.2 Å². The SMILES string of the molecule is Cc1cc(C(=O)N2CC(O)C[C@H]2C(N)=O)ccc1-c1ccc(OCC2CCN(CC3(C(F)(F)F)CCC3)CC2)cc1. The van der Waals surface area contributed by atoms with Crippen molar-refractivity contribution in [2.75, 3.05) is 32.8 Å². The molecular weight excluding hydrogens is 535 g/mol. The van der Waals surface area contributed by atoms with Gasteiger partial charge in [-0.25, -0.2) is 0 Å². The summed E-state index contributed by atoms with van der Waals surface area (Å²) >= 11 is 0. The normalized spacial score (nSPS) is 23.3. The van der Waals surface area contributed by atoms with Crippen LogP contribution in [0.15, 0.2) is 42.5 Å². The highest BCUT2D eigenvalue weighted by molar-refractivity contribution is 5.98. The Bertz CT molecular complexity index is 1250. The minimum Gasteiger partial charge on any atom is -0.493 e. The van der Waals surface area contributed by atoms with Crippen molar-refractivity contribution in [1.82, 2.24) is 9.80 Å². The molecule has 1 aliphatic carbocycles. The second kappa shape index (κ2) is 11.6. The van der Waals surface area contributed by atoms with Crippen molar-refractivity contribution in [1.29, 1.82) is 0 Å². The Labute approximate surface area is 238 Å². The van der Waals surface area contributed by atoms with E-state index >= 15 is 0 Å². The summed E-state index contributed by atoms with van der Waals surface area (Å²) in [7, 11) is 0. The molecule has 0 aromatic heterocycles. The number of piperidine rings is 1. The lowest BCUT2D eigenvalue weighted by molar-refractivity contribution is -0.256. The summed E-state index contributed by atoms with van der Waals surface area (Å²) in [5.74, 6) is 0.0832. The van der Waals surface area contributed by atoms with Crippen LogP contribution in [0.25, 0.3) is 11.1 Å². The molecule has 10 heteroatoms. The van der Waals surface area contributed by atoms with Crippen molar-refractivity contribution in [3.63, 3.8) is 0 Å². The molecule has 2 saturated heterocycles. The van der Waals surface area contributed by atoms with Crippen LogP contribution in [-0.4, -0.2) is 77.8 Å². The van der Waals surface area contributed by atoms with Gasteiger partial charge >= 0.3 is 6.18 Å². The number of carbonyl (C=O) groups is 2. The van der Waals surface area contributed by atoms with Crippen LogP contribution in [0.1, 0.15) is 54.4 Å². The van der Waals surface area contributed by atoms with E-state index in [4.69, 9.17) is 10.5 Å². The van der Waals surface area contributed by atoms with E-state index in [2.05, 4.69) is 0 Å². The summed E-state index contributed by atoms with van der Waals surface area (Å²) in [6, 6.07) is 12.3. The van der Waals surface area contributed by atoms with Gasteiger partial charge in [0.05, 0.1) is 18.1 Å². The first-order valence-corrected chi connectivity index (χ1v) is 14.4. The van der Waals surface area contributed by atoms with E-state index in [1.54, 1.807) is 12.1 Å². The molecule has 0 spiro atoms. The number of halogens is 3. The summed E-state index contributed by atoms with van der Waals surface area (Å²) in [5.41, 5.74) is 7.16. The smallest absolute Gasteiger partial charge is 0.395 e. The van der Waals surface area contributed by atoms with Gasteiger partial charge in [0.25, 0.3) is 5.91 Å². The molecule has 7 nitrogen and oxygen atoms in total. The van der Waals surface area contributed by atoms with Crippen LogP contribution in [0, 0.1) is 18.3 Å². The van der Waals surface area contributed by atoms with Crippen LogP contribution in [0.4, 0.5) is 13.2 Å². The maximum absolute atomic E-state index is 13.5. The zero-order valence-corrected chi connectivity index (χ0v) is 23.3. The Morgan fingerprint density at radius 1 is 1.10 bits per heavy atom. The van der Waals surface area contributed by atoms with E-state index in [9.17, 15) is 27.9 Å². The predicted molar refractivity (Wildman–Crippen MR) is 148 cm³/mol. The first-order valence-electron chi connectivity index (χ1n) is 14.4. The molecule has 0 radical (unpaired) electrons. The molecule has 3 fully saturated rings. The largest absolute Gasteiger partial charge is 0.493 e. The quantitative estimate of drug-likeness (QED) is 0.483. The number of alkyl halides is 3. The lowest BCUT2D eigenvalue weighted by atomic mass is 9.67. The van der Waals surface area contributed by atoms with Gasteiger partial charge in [-0.3, -0.25) is 9.59 Å². The number of rotatable bonds is 8. The van der Waals surface area contributed by atoms with Crippen molar-refractivity contribution in [3.8, 4) is 16.9 Å². The summed E-state index contributed by atoms with van der Waals surface area (Å²) in [4.78, 5) is 28.1. The number of ether oxygens (including phenoxy) is 1. The highest BCUT2D eigenvalue weighted by Gasteiger charge is 2.58. The monoisotopic (exact) mass is 573 g/mol. The number of hydrogen-bond donors (Lipinski definition) is 2. The van der Waals surface area contributed by atoms with Gasteiger partial charge in [0.15, 0.2) is 0 Å². The van der Waals surface area contributed by atoms with E-state index in [-0.39, 0.29) is 38.3 Å². The number of amides is 2. The first-order chi connectivity index (χ1) is 19.5. The molecular formula is C31H38F3N3O4. The molecule has 2 aromatic carbocycles. The van der Waals surface area contributed by atoms with Crippen LogP contribution in [-0.2, 0) is 4.79 Å². The number of aryl methyl sites for hydroxylation is 1. The standard InChI is InChI=1S/C31H38F3N3O4/c1-20-15-23(29(40)37-17-24(38)16-27(37)28(35)39)5-8-26(20)22-3-6-25(7-4-22)41-18-21-9-13-36(14-10-21)19-30(11-2-12-30)31(32,33)34/h3-8,15,21,24,27,38H,2,9-14,16-19H2,1H3,(H2,35,39)/t24?,27-/m0/s1. The van der Waals surface area contributed by atoms with Gasteiger partial charge in [0.1, 0.15) is 11.8 Å². The first kappa shape index (κ1) is 29.4. The average molecular weight is 574 g/mol. The minimum atomic E-state index is -4.12. The molecule has 3 aliphatic rings. The molecule has 2 atom stereocenters. The number of nitrogens with two attached hydrogens (primary N) is 1. The van der Waals surface area contributed by atoms with Gasteiger partial charge in [-0.15, -0.1) is 0 Å². The maximum Gasteiger partial charge on any atom is 0.395 e. The van der Waals surface area contributed by atoms with Crippen molar-refractivity contribution in [2.24, 2.45) is 17.1 Å². The minimum absolute atomic E-state index is 0.0760. The Morgan fingerprint density at radius 3 is 2.34 bits per heavy atom. The Kier molecular flexibility index (Phi) is 8.34. The summed E-state index contributed by atoms with van der Waals surface area (Å²) in [6.45, 7) is 3.98. The van der Waals surface area contributed by atoms with Crippen LogP contribution in [0.5, 0.6) is 5.75 Å². The number of aliphatic hydroxyl groups is 1. The number of nitrogens with zero attached hydrogens (tertiary/aromatic N) is 2. The fraction of sp³-hybridized carbons (Fsp3) is 0.548. The third kappa shape index (κ3) is 6.23. The van der Waals surface area contributed by atoms with Gasteiger partial charge in [-0.05, 0) is 92.6 Å². The number of carbonyl (C=O) groups excluding carboxylic acids is 2. The van der Waals surface area contributed by atoms with Gasteiger partial charge in [0, 0.05) is 25.1 Å². The van der Waals surface area contributed by atoms with E-state index in [0.717, 1.165) is 35.3 Å². The van der Waals surface area contributed by atoms with Crippen LogP contribution < -0.4 is 10.5 Å². The fourth-order valence-corrected chi connectivity index (χ4v) is 6.41. The zero-order valence-electron chi connectivity index (χ0n) is 23.3. The molecule has 2 aromatic rings. The second-order valence-electron chi connectivity index (χ2n) is 12.0. The van der Waals surface area contributed by atoms with Gasteiger partial charge in [-0.1, -0.05) is 24.6 Å².